The van der Waals surface area contributed by atoms with Gasteiger partial charge in [0.1, 0.15) is 5.75 Å². The maximum absolute atomic E-state index is 8.72. The van der Waals surface area contributed by atoms with E-state index < -0.39 is 0 Å². The number of benzene rings is 1. The van der Waals surface area contributed by atoms with Crippen LogP contribution < -0.4 is 4.74 Å². The molecule has 0 bridgehead atoms. The molecule has 1 aromatic rings. The fourth-order valence-corrected chi connectivity index (χ4v) is 2.68. The first-order valence-corrected chi connectivity index (χ1v) is 7.09. The van der Waals surface area contributed by atoms with Gasteiger partial charge in [-0.05, 0) is 34.9 Å². The second kappa shape index (κ2) is 6.42. The van der Waals surface area contributed by atoms with Crippen LogP contribution >= 0.6 is 0 Å². The molecule has 0 heterocycles. The lowest BCUT2D eigenvalue weighted by Crippen LogP contribution is -2.24. The van der Waals surface area contributed by atoms with Crippen molar-refractivity contribution >= 4 is 0 Å². The third kappa shape index (κ3) is 5.65. The molecule has 2 nitrogen and oxygen atoms in total. The minimum atomic E-state index is 0.169. The molecule has 0 atom stereocenters. The molecule has 2 heteroatoms. The maximum atomic E-state index is 8.72. The molecule has 1 N–H and O–H groups in total. The van der Waals surface area contributed by atoms with E-state index >= 15 is 0 Å². The molecule has 1 rings (SSSR count). The Hall–Kier alpha value is -1.02. The van der Waals surface area contributed by atoms with Crippen LogP contribution in [0, 0.1) is 5.41 Å². The number of ether oxygens (including phenoxy) is 1. The first-order valence-electron chi connectivity index (χ1n) is 7.09. The van der Waals surface area contributed by atoms with Gasteiger partial charge in [0.05, 0.1) is 6.61 Å². The molecule has 0 aliphatic carbocycles. The van der Waals surface area contributed by atoms with Crippen molar-refractivity contribution in [2.75, 3.05) is 13.2 Å². The molecule has 0 saturated carbocycles. The summed E-state index contributed by atoms with van der Waals surface area (Å²) in [4.78, 5) is 0. The lowest BCUT2D eigenvalue weighted by Gasteiger charge is -2.33. The zero-order chi connectivity index (χ0) is 14.5. The van der Waals surface area contributed by atoms with E-state index in [0.717, 1.165) is 12.2 Å². The molecule has 1 aromatic carbocycles. The van der Waals surface area contributed by atoms with Crippen LogP contribution in [0.1, 0.15) is 53.0 Å². The van der Waals surface area contributed by atoms with Crippen molar-refractivity contribution in [1.29, 1.82) is 0 Å². The summed E-state index contributed by atoms with van der Waals surface area (Å²) >= 11 is 0. The van der Waals surface area contributed by atoms with Crippen molar-refractivity contribution in [2.24, 2.45) is 5.41 Å². The van der Waals surface area contributed by atoms with Crippen molar-refractivity contribution < 1.29 is 9.84 Å². The van der Waals surface area contributed by atoms with Crippen LogP contribution in [0.25, 0.3) is 0 Å². The Kier molecular flexibility index (Phi) is 5.42. The average molecular weight is 264 g/mol. The van der Waals surface area contributed by atoms with Gasteiger partial charge in [-0.1, -0.05) is 46.8 Å². The van der Waals surface area contributed by atoms with Crippen LogP contribution in [-0.2, 0) is 5.41 Å². The van der Waals surface area contributed by atoms with Crippen molar-refractivity contribution in [2.45, 2.75) is 52.9 Å². The summed E-state index contributed by atoms with van der Waals surface area (Å²) in [5.41, 5.74) is 1.83. The number of hydrogen-bond acceptors (Lipinski definition) is 2. The van der Waals surface area contributed by atoms with Gasteiger partial charge >= 0.3 is 0 Å². The van der Waals surface area contributed by atoms with Crippen LogP contribution in [0.3, 0.4) is 0 Å². The summed E-state index contributed by atoms with van der Waals surface area (Å²) in [6.07, 6.45) is 1.82. The molecule has 108 valence electrons. The third-order valence-corrected chi connectivity index (χ3v) is 3.18. The molecule has 0 aromatic heterocycles. The number of hydrogen-bond donors (Lipinski definition) is 1. The van der Waals surface area contributed by atoms with Crippen molar-refractivity contribution in [3.05, 3.63) is 29.8 Å². The molecular formula is C17H28O2. The normalized spacial score (nSPS) is 12.5. The van der Waals surface area contributed by atoms with Gasteiger partial charge in [-0.3, -0.25) is 0 Å². The lowest BCUT2D eigenvalue weighted by atomic mass is 9.72. The fourth-order valence-electron chi connectivity index (χ4n) is 2.68. The van der Waals surface area contributed by atoms with Crippen molar-refractivity contribution in [3.8, 4) is 5.75 Å². The van der Waals surface area contributed by atoms with Crippen molar-refractivity contribution in [1.82, 2.24) is 0 Å². The monoisotopic (exact) mass is 264 g/mol. The zero-order valence-corrected chi connectivity index (χ0v) is 13.0. The molecule has 19 heavy (non-hydrogen) atoms. The van der Waals surface area contributed by atoms with Gasteiger partial charge in [0.25, 0.3) is 0 Å². The Morgan fingerprint density at radius 1 is 1.00 bits per heavy atom. The molecule has 0 aliphatic heterocycles. The van der Waals surface area contributed by atoms with E-state index in [2.05, 4.69) is 46.8 Å². The first kappa shape index (κ1) is 16.0. The molecule has 0 radical (unpaired) electrons. The standard InChI is InChI=1S/C17H28O2/c1-16(2,3)13-17(4,5)14-7-9-15(10-8-14)19-12-6-11-18/h7-10,18H,6,11-13H2,1-5H3. The van der Waals surface area contributed by atoms with Gasteiger partial charge in [-0.15, -0.1) is 0 Å². The predicted octanol–water partition coefficient (Wildman–Crippen LogP) is 4.16. The highest BCUT2D eigenvalue weighted by molar-refractivity contribution is 5.31. The Morgan fingerprint density at radius 3 is 2.05 bits per heavy atom. The van der Waals surface area contributed by atoms with Crippen molar-refractivity contribution in [3.63, 3.8) is 0 Å². The molecule has 0 aliphatic rings. The Morgan fingerprint density at radius 2 is 1.58 bits per heavy atom. The first-order chi connectivity index (χ1) is 8.74. The summed E-state index contributed by atoms with van der Waals surface area (Å²) in [5.74, 6) is 0.878. The topological polar surface area (TPSA) is 29.5 Å². The highest BCUT2D eigenvalue weighted by atomic mass is 16.5. The maximum Gasteiger partial charge on any atom is 0.119 e. The van der Waals surface area contributed by atoms with Gasteiger partial charge in [0, 0.05) is 13.0 Å². The van der Waals surface area contributed by atoms with Gasteiger partial charge in [-0.25, -0.2) is 0 Å². The second-order valence-electron chi connectivity index (χ2n) is 7.07. The van der Waals surface area contributed by atoms with Crippen LogP contribution in [-0.4, -0.2) is 18.3 Å². The summed E-state index contributed by atoms with van der Waals surface area (Å²) < 4.78 is 5.55. The van der Waals surface area contributed by atoms with E-state index in [4.69, 9.17) is 9.84 Å². The summed E-state index contributed by atoms with van der Waals surface area (Å²) in [5, 5.41) is 8.72. The van der Waals surface area contributed by atoms with Crippen LogP contribution in [0.2, 0.25) is 0 Å². The van der Waals surface area contributed by atoms with E-state index in [1.165, 1.54) is 5.56 Å². The Bertz CT molecular complexity index is 371. The van der Waals surface area contributed by atoms with Gasteiger partial charge in [0.2, 0.25) is 0 Å². The van der Waals surface area contributed by atoms with E-state index in [1.807, 2.05) is 12.1 Å². The zero-order valence-electron chi connectivity index (χ0n) is 13.0. The Labute approximate surface area is 117 Å². The minimum absolute atomic E-state index is 0.169. The lowest BCUT2D eigenvalue weighted by molar-refractivity contribution is 0.233. The number of aliphatic hydroxyl groups excluding tert-OH is 1. The second-order valence-corrected chi connectivity index (χ2v) is 7.07. The van der Waals surface area contributed by atoms with E-state index in [9.17, 15) is 0 Å². The van der Waals surface area contributed by atoms with Crippen LogP contribution in [0.15, 0.2) is 24.3 Å². The summed E-state index contributed by atoms with van der Waals surface area (Å²) in [7, 11) is 0. The molecule has 0 amide bonds. The highest BCUT2D eigenvalue weighted by Gasteiger charge is 2.27. The number of aliphatic hydroxyl groups is 1. The van der Waals surface area contributed by atoms with E-state index in [1.54, 1.807) is 0 Å². The SMILES string of the molecule is CC(C)(C)CC(C)(C)c1ccc(OCCCO)cc1. The van der Waals surface area contributed by atoms with E-state index in [-0.39, 0.29) is 12.0 Å². The smallest absolute Gasteiger partial charge is 0.119 e. The third-order valence-electron chi connectivity index (χ3n) is 3.18. The van der Waals surface area contributed by atoms with E-state index in [0.29, 0.717) is 18.4 Å². The molecule has 0 unspecified atom stereocenters. The average Bonchev–Trinajstić information content (AvgIpc) is 2.27. The van der Waals surface area contributed by atoms with Crippen LogP contribution in [0.5, 0.6) is 5.75 Å². The van der Waals surface area contributed by atoms with Gasteiger partial charge in [-0.2, -0.15) is 0 Å². The largest absolute Gasteiger partial charge is 0.494 e. The fraction of sp³-hybridized carbons (Fsp3) is 0.647. The molecular weight excluding hydrogens is 236 g/mol. The number of rotatable bonds is 6. The van der Waals surface area contributed by atoms with Crippen LogP contribution in [0.4, 0.5) is 0 Å². The molecule has 0 spiro atoms. The highest BCUT2D eigenvalue weighted by Crippen LogP contribution is 2.36. The summed E-state index contributed by atoms with van der Waals surface area (Å²) in [6, 6.07) is 8.36. The molecule has 0 fully saturated rings. The predicted molar refractivity (Wildman–Crippen MR) is 80.7 cm³/mol. The minimum Gasteiger partial charge on any atom is -0.494 e. The Balaban J connectivity index is 2.69. The van der Waals surface area contributed by atoms with Gasteiger partial charge in [0.15, 0.2) is 0 Å². The molecule has 0 saturated heterocycles. The quantitative estimate of drug-likeness (QED) is 0.782. The van der Waals surface area contributed by atoms with Gasteiger partial charge < -0.3 is 9.84 Å². The summed E-state index contributed by atoms with van der Waals surface area (Å²) in [6.45, 7) is 12.2.